The SMILES string of the molecule is Cc1ccc2nc(NC(=O)CSc3nc(N)c(NC(=O)c4ccccc4)c(=O)[nH]3)sc2c1. The Bertz CT molecular complexity index is 1370. The first-order valence-corrected chi connectivity index (χ1v) is 11.3. The van der Waals surface area contributed by atoms with Gasteiger partial charge in [-0.05, 0) is 36.8 Å². The lowest BCUT2D eigenvalue weighted by Crippen LogP contribution is -2.23. The average Bonchev–Trinajstić information content (AvgIpc) is 3.16. The fourth-order valence-electron chi connectivity index (χ4n) is 2.81. The summed E-state index contributed by atoms with van der Waals surface area (Å²) in [6.45, 7) is 1.99. The number of nitrogens with zero attached hydrogens (tertiary/aromatic N) is 2. The maximum atomic E-state index is 12.4. The van der Waals surface area contributed by atoms with Gasteiger partial charge in [0, 0.05) is 5.56 Å². The van der Waals surface area contributed by atoms with Gasteiger partial charge in [-0.15, -0.1) is 0 Å². The van der Waals surface area contributed by atoms with Gasteiger partial charge in [0.15, 0.2) is 16.1 Å². The maximum absolute atomic E-state index is 12.4. The number of amides is 2. The number of thiazole rings is 1. The van der Waals surface area contributed by atoms with E-state index in [2.05, 4.69) is 25.6 Å². The number of aromatic nitrogens is 3. The number of rotatable bonds is 6. The number of nitrogens with two attached hydrogens (primary N) is 1. The smallest absolute Gasteiger partial charge is 0.277 e. The molecule has 9 nitrogen and oxygen atoms in total. The molecule has 0 fully saturated rings. The summed E-state index contributed by atoms with van der Waals surface area (Å²) in [5.74, 6) is -0.918. The Kier molecular flexibility index (Phi) is 6.19. The summed E-state index contributed by atoms with van der Waals surface area (Å²) < 4.78 is 0.986. The molecule has 4 rings (SSSR count). The van der Waals surface area contributed by atoms with Crippen LogP contribution in [-0.4, -0.2) is 32.5 Å². The molecule has 32 heavy (non-hydrogen) atoms. The topological polar surface area (TPSA) is 143 Å². The molecule has 2 heterocycles. The van der Waals surface area contributed by atoms with E-state index in [0.717, 1.165) is 27.5 Å². The third kappa shape index (κ3) is 4.95. The summed E-state index contributed by atoms with van der Waals surface area (Å²) in [4.78, 5) is 47.9. The van der Waals surface area contributed by atoms with Crippen LogP contribution in [0.1, 0.15) is 15.9 Å². The predicted molar refractivity (Wildman–Crippen MR) is 127 cm³/mol. The van der Waals surface area contributed by atoms with Gasteiger partial charge in [-0.25, -0.2) is 9.97 Å². The monoisotopic (exact) mass is 466 g/mol. The van der Waals surface area contributed by atoms with Crippen molar-refractivity contribution in [2.75, 3.05) is 22.1 Å². The van der Waals surface area contributed by atoms with E-state index in [1.54, 1.807) is 30.3 Å². The van der Waals surface area contributed by atoms with Crippen molar-refractivity contribution in [3.8, 4) is 0 Å². The molecule has 0 saturated heterocycles. The number of aromatic amines is 1. The Labute approximate surface area is 190 Å². The van der Waals surface area contributed by atoms with Gasteiger partial charge < -0.3 is 16.4 Å². The van der Waals surface area contributed by atoms with Crippen LogP contribution in [0.4, 0.5) is 16.6 Å². The zero-order valence-electron chi connectivity index (χ0n) is 16.8. The summed E-state index contributed by atoms with van der Waals surface area (Å²) in [6.07, 6.45) is 0. The van der Waals surface area contributed by atoms with Crippen molar-refractivity contribution in [2.24, 2.45) is 0 Å². The Hall–Kier alpha value is -3.70. The molecule has 0 unspecified atom stereocenters. The number of hydrogen-bond acceptors (Lipinski definition) is 8. The number of benzene rings is 2. The standard InChI is InChI=1S/C21H18N6O3S2/c1-11-7-8-13-14(9-11)32-21(23-13)24-15(28)10-31-20-26-17(22)16(19(30)27-20)25-18(29)12-5-3-2-4-6-12/h2-9H,10H2,1H3,(H,25,29)(H,23,24,28)(H3,22,26,27,30). The molecule has 0 bridgehead atoms. The van der Waals surface area contributed by atoms with E-state index < -0.39 is 11.5 Å². The largest absolute Gasteiger partial charge is 0.382 e. The van der Waals surface area contributed by atoms with Gasteiger partial charge in [-0.3, -0.25) is 19.4 Å². The van der Waals surface area contributed by atoms with E-state index in [4.69, 9.17) is 5.73 Å². The third-order valence-corrected chi connectivity index (χ3v) is 6.14. The highest BCUT2D eigenvalue weighted by atomic mass is 32.2. The molecular weight excluding hydrogens is 448 g/mol. The molecule has 0 aliphatic rings. The van der Waals surface area contributed by atoms with Crippen LogP contribution in [0.5, 0.6) is 0 Å². The van der Waals surface area contributed by atoms with Crippen molar-refractivity contribution in [2.45, 2.75) is 12.1 Å². The number of aryl methyl sites for hydroxylation is 1. The Morgan fingerprint density at radius 3 is 2.66 bits per heavy atom. The number of anilines is 3. The van der Waals surface area contributed by atoms with Crippen molar-refractivity contribution in [3.63, 3.8) is 0 Å². The maximum Gasteiger partial charge on any atom is 0.277 e. The molecule has 11 heteroatoms. The number of nitrogens with one attached hydrogen (secondary N) is 3. The lowest BCUT2D eigenvalue weighted by atomic mass is 10.2. The van der Waals surface area contributed by atoms with Gasteiger partial charge in [0.1, 0.15) is 5.69 Å². The number of nitrogen functional groups attached to an aromatic ring is 1. The Morgan fingerprint density at radius 2 is 1.91 bits per heavy atom. The summed E-state index contributed by atoms with van der Waals surface area (Å²) in [6, 6.07) is 14.3. The first-order chi connectivity index (χ1) is 15.4. The van der Waals surface area contributed by atoms with E-state index >= 15 is 0 Å². The number of carbonyl (C=O) groups is 2. The quantitative estimate of drug-likeness (QED) is 0.252. The van der Waals surface area contributed by atoms with Crippen LogP contribution in [-0.2, 0) is 4.79 Å². The van der Waals surface area contributed by atoms with Crippen molar-refractivity contribution < 1.29 is 9.59 Å². The van der Waals surface area contributed by atoms with Crippen LogP contribution in [0.3, 0.4) is 0 Å². The van der Waals surface area contributed by atoms with Crippen LogP contribution in [0.2, 0.25) is 0 Å². The zero-order chi connectivity index (χ0) is 22.7. The fraction of sp³-hybridized carbons (Fsp3) is 0.0952. The second-order valence-electron chi connectivity index (χ2n) is 6.78. The Balaban J connectivity index is 1.39. The minimum absolute atomic E-state index is 0.00689. The van der Waals surface area contributed by atoms with Gasteiger partial charge in [-0.2, -0.15) is 0 Å². The third-order valence-electron chi connectivity index (χ3n) is 4.33. The van der Waals surface area contributed by atoms with Gasteiger partial charge in [0.2, 0.25) is 5.91 Å². The summed E-state index contributed by atoms with van der Waals surface area (Å²) in [5, 5.41) is 5.88. The second-order valence-corrected chi connectivity index (χ2v) is 8.77. The van der Waals surface area contributed by atoms with Gasteiger partial charge in [0.05, 0.1) is 16.0 Å². The van der Waals surface area contributed by atoms with E-state index in [9.17, 15) is 14.4 Å². The van der Waals surface area contributed by atoms with Gasteiger partial charge >= 0.3 is 0 Å². The second kappa shape index (κ2) is 9.20. The summed E-state index contributed by atoms with van der Waals surface area (Å²) >= 11 is 2.40. The molecule has 0 spiro atoms. The van der Waals surface area contributed by atoms with E-state index in [1.165, 1.54) is 11.3 Å². The highest BCUT2D eigenvalue weighted by molar-refractivity contribution is 7.99. The number of hydrogen-bond donors (Lipinski definition) is 4. The molecule has 2 aromatic carbocycles. The molecule has 2 amide bonds. The number of carbonyl (C=O) groups excluding carboxylic acids is 2. The molecule has 5 N–H and O–H groups in total. The van der Waals surface area contributed by atoms with E-state index in [-0.39, 0.29) is 28.3 Å². The lowest BCUT2D eigenvalue weighted by Gasteiger charge is -2.08. The summed E-state index contributed by atoms with van der Waals surface area (Å²) in [5.41, 5.74) is 7.43. The first-order valence-electron chi connectivity index (χ1n) is 9.45. The van der Waals surface area contributed by atoms with Gasteiger partial charge in [-0.1, -0.05) is 47.4 Å². The minimum atomic E-state index is -0.605. The van der Waals surface area contributed by atoms with Crippen LogP contribution in [0.25, 0.3) is 10.2 Å². The van der Waals surface area contributed by atoms with E-state index in [1.807, 2.05) is 25.1 Å². The first kappa shape index (κ1) is 21.5. The molecule has 4 aromatic rings. The average molecular weight is 467 g/mol. The molecule has 0 aliphatic carbocycles. The van der Waals surface area contributed by atoms with Crippen LogP contribution in [0.15, 0.2) is 58.5 Å². The molecule has 0 radical (unpaired) electrons. The Morgan fingerprint density at radius 1 is 1.12 bits per heavy atom. The molecular formula is C21H18N6O3S2. The molecule has 2 aromatic heterocycles. The van der Waals surface area contributed by atoms with Crippen LogP contribution >= 0.6 is 23.1 Å². The van der Waals surface area contributed by atoms with Crippen LogP contribution < -0.4 is 21.9 Å². The molecule has 0 aliphatic heterocycles. The normalized spacial score (nSPS) is 10.8. The minimum Gasteiger partial charge on any atom is -0.382 e. The molecule has 0 saturated carbocycles. The fourth-order valence-corrected chi connectivity index (χ4v) is 4.46. The zero-order valence-corrected chi connectivity index (χ0v) is 18.5. The number of thioether (sulfide) groups is 1. The predicted octanol–water partition coefficient (Wildman–Crippen LogP) is 3.25. The van der Waals surface area contributed by atoms with Crippen molar-refractivity contribution >= 4 is 61.8 Å². The number of H-pyrrole nitrogens is 1. The summed E-state index contributed by atoms with van der Waals surface area (Å²) in [7, 11) is 0. The van der Waals surface area contributed by atoms with Gasteiger partial charge in [0.25, 0.3) is 11.5 Å². The highest BCUT2D eigenvalue weighted by Crippen LogP contribution is 2.27. The van der Waals surface area contributed by atoms with Crippen molar-refractivity contribution in [1.82, 2.24) is 15.0 Å². The van der Waals surface area contributed by atoms with Crippen molar-refractivity contribution in [3.05, 3.63) is 70.0 Å². The van der Waals surface area contributed by atoms with Crippen LogP contribution in [0, 0.1) is 6.92 Å². The number of fused-ring (bicyclic) bond motifs is 1. The lowest BCUT2D eigenvalue weighted by molar-refractivity contribution is -0.113. The van der Waals surface area contributed by atoms with E-state index in [0.29, 0.717) is 10.7 Å². The molecule has 162 valence electrons. The molecule has 0 atom stereocenters. The highest BCUT2D eigenvalue weighted by Gasteiger charge is 2.15. The van der Waals surface area contributed by atoms with Crippen molar-refractivity contribution in [1.29, 1.82) is 0 Å².